The first-order valence-corrected chi connectivity index (χ1v) is 8.36. The number of nitrogens with zero attached hydrogens (tertiary/aromatic N) is 3. The maximum atomic E-state index is 12.6. The van der Waals surface area contributed by atoms with E-state index in [4.69, 9.17) is 4.74 Å². The van der Waals surface area contributed by atoms with Crippen LogP contribution in [0.5, 0.6) is 0 Å². The summed E-state index contributed by atoms with van der Waals surface area (Å²) in [7, 11) is 1.28. The maximum absolute atomic E-state index is 12.6. The highest BCUT2D eigenvalue weighted by molar-refractivity contribution is 8.00. The minimum atomic E-state index is -0.709. The van der Waals surface area contributed by atoms with Crippen molar-refractivity contribution >= 4 is 29.5 Å². The summed E-state index contributed by atoms with van der Waals surface area (Å²) in [6.07, 6.45) is 2.30. The number of hydrogen-bond acceptors (Lipinski definition) is 6. The van der Waals surface area contributed by atoms with Gasteiger partial charge in [0.25, 0.3) is 0 Å². The zero-order chi connectivity index (χ0) is 16.4. The van der Waals surface area contributed by atoms with Crippen LogP contribution in [0.1, 0.15) is 5.69 Å². The summed E-state index contributed by atoms with van der Waals surface area (Å²) in [5.41, 5.74) is 0.878. The Balaban J connectivity index is 1.68. The molecule has 0 bridgehead atoms. The van der Waals surface area contributed by atoms with Gasteiger partial charge in [0.05, 0.1) is 13.7 Å². The van der Waals surface area contributed by atoms with Crippen molar-refractivity contribution in [3.8, 4) is 0 Å². The number of esters is 1. The minimum Gasteiger partial charge on any atom is -0.467 e. The van der Waals surface area contributed by atoms with Crippen LogP contribution < -0.4 is 0 Å². The van der Waals surface area contributed by atoms with Gasteiger partial charge >= 0.3 is 5.97 Å². The lowest BCUT2D eigenvalue weighted by Crippen LogP contribution is -2.61. The summed E-state index contributed by atoms with van der Waals surface area (Å²) >= 11 is 1.28. The molecule has 0 aromatic carbocycles. The zero-order valence-corrected chi connectivity index (χ0v) is 13.5. The van der Waals surface area contributed by atoms with Crippen LogP contribution in [0.15, 0.2) is 24.4 Å². The molecule has 2 fully saturated rings. The number of thioether (sulfide) groups is 1. The van der Waals surface area contributed by atoms with Crippen LogP contribution >= 0.6 is 11.8 Å². The molecular formula is C15H17N3O4S. The average molecular weight is 335 g/mol. The summed E-state index contributed by atoms with van der Waals surface area (Å²) in [4.78, 5) is 43.8. The highest BCUT2D eigenvalue weighted by atomic mass is 32.2. The molecule has 2 aliphatic rings. The fourth-order valence-corrected chi connectivity index (χ4v) is 4.13. The summed E-state index contributed by atoms with van der Waals surface area (Å²) in [6, 6.07) is 5.04. The molecule has 0 radical (unpaired) electrons. The Morgan fingerprint density at radius 1 is 1.43 bits per heavy atom. The largest absolute Gasteiger partial charge is 0.467 e. The van der Waals surface area contributed by atoms with Gasteiger partial charge in [-0.2, -0.15) is 0 Å². The number of hydrogen-bond donors (Lipinski definition) is 0. The lowest BCUT2D eigenvalue weighted by atomic mass is 10.1. The van der Waals surface area contributed by atoms with E-state index in [1.165, 1.54) is 23.8 Å². The third kappa shape index (κ3) is 3.03. The molecule has 0 spiro atoms. The Kier molecular flexibility index (Phi) is 4.51. The van der Waals surface area contributed by atoms with E-state index in [1.807, 2.05) is 18.2 Å². The van der Waals surface area contributed by atoms with E-state index in [2.05, 4.69) is 4.98 Å². The summed E-state index contributed by atoms with van der Waals surface area (Å²) in [6.45, 7) is 0.440. The van der Waals surface area contributed by atoms with E-state index in [0.717, 1.165) is 5.69 Å². The lowest BCUT2D eigenvalue weighted by molar-refractivity contribution is -0.159. The van der Waals surface area contributed by atoms with Crippen molar-refractivity contribution in [2.45, 2.75) is 17.8 Å². The maximum Gasteiger partial charge on any atom is 0.339 e. The number of rotatable bonds is 4. The van der Waals surface area contributed by atoms with E-state index in [1.54, 1.807) is 11.1 Å². The highest BCUT2D eigenvalue weighted by Gasteiger charge is 2.50. The molecule has 2 saturated heterocycles. The predicted molar refractivity (Wildman–Crippen MR) is 83.4 cm³/mol. The number of carbonyl (C=O) groups is 3. The molecule has 3 heterocycles. The van der Waals surface area contributed by atoms with Crippen molar-refractivity contribution in [1.82, 2.24) is 14.8 Å². The van der Waals surface area contributed by atoms with E-state index in [0.29, 0.717) is 18.7 Å². The third-order valence-corrected chi connectivity index (χ3v) is 5.22. The highest BCUT2D eigenvalue weighted by Crippen LogP contribution is 2.33. The van der Waals surface area contributed by atoms with Gasteiger partial charge in [0.2, 0.25) is 11.8 Å². The van der Waals surface area contributed by atoms with Crippen LogP contribution in [-0.2, 0) is 25.5 Å². The minimum absolute atomic E-state index is 0.00375. The third-order valence-electron chi connectivity index (χ3n) is 3.98. The molecule has 0 N–H and O–H groups in total. The molecule has 2 amide bonds. The molecule has 23 heavy (non-hydrogen) atoms. The molecule has 122 valence electrons. The molecule has 0 unspecified atom stereocenters. The standard InChI is InChI=1S/C15H17N3O4S/c1-22-15(21)14-18-11(9-23-14)13(20)17(8-12(18)19)7-5-10-4-2-3-6-16-10/h2-4,6,11,14H,5,7-9H2,1H3/t11-,14-/m0/s1. The Labute approximate surface area is 138 Å². The van der Waals surface area contributed by atoms with E-state index in [-0.39, 0.29) is 18.4 Å². The van der Waals surface area contributed by atoms with Gasteiger partial charge < -0.3 is 14.5 Å². The lowest BCUT2D eigenvalue weighted by Gasteiger charge is -2.37. The van der Waals surface area contributed by atoms with Crippen molar-refractivity contribution < 1.29 is 19.1 Å². The number of pyridine rings is 1. The van der Waals surface area contributed by atoms with Crippen molar-refractivity contribution in [2.75, 3.05) is 26.0 Å². The van der Waals surface area contributed by atoms with Gasteiger partial charge in [-0.1, -0.05) is 6.07 Å². The Hall–Kier alpha value is -2.09. The van der Waals surface area contributed by atoms with Crippen LogP contribution in [0, 0.1) is 0 Å². The first-order chi connectivity index (χ1) is 11.1. The number of piperazine rings is 1. The molecule has 2 atom stereocenters. The number of ether oxygens (including phenoxy) is 1. The number of fused-ring (bicyclic) bond motifs is 1. The van der Waals surface area contributed by atoms with Crippen LogP contribution in [0.25, 0.3) is 0 Å². The second kappa shape index (κ2) is 6.57. The van der Waals surface area contributed by atoms with Gasteiger partial charge in [-0.05, 0) is 12.1 Å². The van der Waals surface area contributed by atoms with Gasteiger partial charge in [0.1, 0.15) is 6.04 Å². The van der Waals surface area contributed by atoms with Gasteiger partial charge in [0.15, 0.2) is 5.37 Å². The summed E-state index contributed by atoms with van der Waals surface area (Å²) < 4.78 is 4.71. The smallest absolute Gasteiger partial charge is 0.339 e. The molecular weight excluding hydrogens is 318 g/mol. The molecule has 2 aliphatic heterocycles. The Morgan fingerprint density at radius 3 is 2.96 bits per heavy atom. The molecule has 3 rings (SSSR count). The first kappa shape index (κ1) is 15.8. The summed E-state index contributed by atoms with van der Waals surface area (Å²) in [5.74, 6) is -0.388. The van der Waals surface area contributed by atoms with E-state index >= 15 is 0 Å². The monoisotopic (exact) mass is 335 g/mol. The van der Waals surface area contributed by atoms with Gasteiger partial charge in [-0.3, -0.25) is 14.6 Å². The second-order valence-corrected chi connectivity index (χ2v) is 6.47. The second-order valence-electron chi connectivity index (χ2n) is 5.36. The van der Waals surface area contributed by atoms with E-state index in [9.17, 15) is 14.4 Å². The molecule has 0 saturated carbocycles. The van der Waals surface area contributed by atoms with Crippen LogP contribution in [0.3, 0.4) is 0 Å². The summed E-state index contributed by atoms with van der Waals surface area (Å²) in [5, 5.41) is -0.709. The Bertz CT molecular complexity index is 624. The van der Waals surface area contributed by atoms with E-state index < -0.39 is 17.4 Å². The van der Waals surface area contributed by atoms with Crippen LogP contribution in [0.2, 0.25) is 0 Å². The molecule has 1 aromatic heterocycles. The molecule has 0 aliphatic carbocycles. The van der Waals surface area contributed by atoms with Crippen LogP contribution in [0.4, 0.5) is 0 Å². The number of amides is 2. The number of methoxy groups -OCH3 is 1. The average Bonchev–Trinajstić information content (AvgIpc) is 3.03. The molecule has 7 nitrogen and oxygen atoms in total. The van der Waals surface area contributed by atoms with Crippen molar-refractivity contribution in [3.63, 3.8) is 0 Å². The fraction of sp³-hybridized carbons (Fsp3) is 0.467. The Morgan fingerprint density at radius 2 is 2.26 bits per heavy atom. The fourth-order valence-electron chi connectivity index (χ4n) is 2.80. The van der Waals surface area contributed by atoms with Crippen molar-refractivity contribution in [1.29, 1.82) is 0 Å². The number of carbonyl (C=O) groups excluding carboxylic acids is 3. The predicted octanol–water partition coefficient (Wildman–Crippen LogP) is -0.0906. The van der Waals surface area contributed by atoms with Gasteiger partial charge in [0, 0.05) is 30.6 Å². The van der Waals surface area contributed by atoms with Gasteiger partial charge in [-0.25, -0.2) is 4.79 Å². The molecule has 1 aromatic rings. The van der Waals surface area contributed by atoms with Gasteiger partial charge in [-0.15, -0.1) is 11.8 Å². The molecule has 8 heteroatoms. The normalized spacial score (nSPS) is 23.9. The van der Waals surface area contributed by atoms with Crippen molar-refractivity contribution in [2.24, 2.45) is 0 Å². The first-order valence-electron chi connectivity index (χ1n) is 7.31. The zero-order valence-electron chi connectivity index (χ0n) is 12.7. The number of aromatic nitrogens is 1. The van der Waals surface area contributed by atoms with Crippen molar-refractivity contribution in [3.05, 3.63) is 30.1 Å². The quantitative estimate of drug-likeness (QED) is 0.716. The van der Waals surface area contributed by atoms with Crippen LogP contribution in [-0.4, -0.2) is 69.9 Å². The SMILES string of the molecule is COC(=O)[C@@H]1SC[C@H]2C(=O)N(CCc3ccccn3)CC(=O)N21. The topological polar surface area (TPSA) is 79.8 Å².